The van der Waals surface area contributed by atoms with Gasteiger partial charge >= 0.3 is 0 Å². The van der Waals surface area contributed by atoms with Gasteiger partial charge in [-0.2, -0.15) is 5.26 Å². The molecule has 3 heterocycles. The van der Waals surface area contributed by atoms with Crippen LogP contribution in [-0.4, -0.2) is 44.7 Å². The van der Waals surface area contributed by atoms with Gasteiger partial charge in [0.1, 0.15) is 11.9 Å². The number of primary sulfonamides is 1. The highest BCUT2D eigenvalue weighted by Gasteiger charge is 2.26. The van der Waals surface area contributed by atoms with Crippen molar-refractivity contribution in [1.29, 1.82) is 5.26 Å². The second-order valence-electron chi connectivity index (χ2n) is 8.35. The van der Waals surface area contributed by atoms with Gasteiger partial charge in [0.15, 0.2) is 0 Å². The van der Waals surface area contributed by atoms with E-state index in [1.165, 1.54) is 6.07 Å². The van der Waals surface area contributed by atoms with E-state index in [0.717, 1.165) is 42.0 Å². The van der Waals surface area contributed by atoms with Crippen LogP contribution < -0.4 is 15.4 Å². The summed E-state index contributed by atoms with van der Waals surface area (Å²) in [5.41, 5.74) is 3.91. The average molecular weight is 458 g/mol. The van der Waals surface area contributed by atoms with Gasteiger partial charge in [-0.05, 0) is 62.4 Å². The molecule has 9 nitrogen and oxygen atoms in total. The number of amides is 1. The Morgan fingerprint density at radius 3 is 2.81 bits per heavy atom. The van der Waals surface area contributed by atoms with E-state index in [2.05, 4.69) is 11.4 Å². The molecule has 1 fully saturated rings. The molecule has 0 spiro atoms. The summed E-state index contributed by atoms with van der Waals surface area (Å²) in [5, 5.41) is 17.9. The lowest BCUT2D eigenvalue weighted by Gasteiger charge is -2.20. The Kier molecular flexibility index (Phi) is 5.99. The number of ether oxygens (including phenoxy) is 1. The largest absolute Gasteiger partial charge is 0.376 e. The SMILES string of the molecule is Cc1c(C#N)c(NC(=O)CN2CCc3cc(S(N)(=O)=O)ccc32)n(C[C@H]2CCCO2)c1C. The lowest BCUT2D eigenvalue weighted by Crippen LogP contribution is -2.33. The molecule has 2 aromatic rings. The number of rotatable bonds is 6. The van der Waals surface area contributed by atoms with Gasteiger partial charge in [0.05, 0.1) is 29.7 Å². The van der Waals surface area contributed by atoms with Gasteiger partial charge < -0.3 is 19.5 Å². The number of hydrogen-bond acceptors (Lipinski definition) is 6. The first-order chi connectivity index (χ1) is 15.2. The second-order valence-corrected chi connectivity index (χ2v) is 9.91. The van der Waals surface area contributed by atoms with Crippen LogP contribution in [0, 0.1) is 25.2 Å². The molecule has 2 aliphatic heterocycles. The Balaban J connectivity index is 1.53. The third kappa shape index (κ3) is 4.24. The zero-order valence-electron chi connectivity index (χ0n) is 18.2. The van der Waals surface area contributed by atoms with Crippen LogP contribution in [0.4, 0.5) is 11.5 Å². The van der Waals surface area contributed by atoms with E-state index in [4.69, 9.17) is 9.88 Å². The van der Waals surface area contributed by atoms with Crippen molar-refractivity contribution in [3.8, 4) is 6.07 Å². The van der Waals surface area contributed by atoms with Crippen LogP contribution in [0.2, 0.25) is 0 Å². The summed E-state index contributed by atoms with van der Waals surface area (Å²) in [4.78, 5) is 14.9. The fraction of sp³-hybridized carbons (Fsp3) is 0.455. The Hall–Kier alpha value is -2.87. The maximum absolute atomic E-state index is 13.0. The van der Waals surface area contributed by atoms with Crippen LogP contribution in [0.5, 0.6) is 0 Å². The number of benzene rings is 1. The number of carbonyl (C=O) groups is 1. The molecule has 1 atom stereocenters. The highest BCUT2D eigenvalue weighted by atomic mass is 32.2. The van der Waals surface area contributed by atoms with E-state index in [1.54, 1.807) is 12.1 Å². The van der Waals surface area contributed by atoms with Crippen molar-refractivity contribution in [3.05, 3.63) is 40.6 Å². The fourth-order valence-electron chi connectivity index (χ4n) is 4.48. The molecule has 1 saturated heterocycles. The van der Waals surface area contributed by atoms with Crippen LogP contribution in [0.15, 0.2) is 23.1 Å². The predicted molar refractivity (Wildman–Crippen MR) is 120 cm³/mol. The molecule has 32 heavy (non-hydrogen) atoms. The van der Waals surface area contributed by atoms with Crippen molar-refractivity contribution < 1.29 is 17.9 Å². The molecule has 0 unspecified atom stereocenters. The quantitative estimate of drug-likeness (QED) is 0.680. The van der Waals surface area contributed by atoms with Crippen molar-refractivity contribution in [2.45, 2.75) is 50.7 Å². The highest BCUT2D eigenvalue weighted by molar-refractivity contribution is 7.89. The maximum atomic E-state index is 13.0. The van der Waals surface area contributed by atoms with Gasteiger partial charge in [-0.25, -0.2) is 13.6 Å². The molecule has 0 radical (unpaired) electrons. The fourth-order valence-corrected chi connectivity index (χ4v) is 5.05. The van der Waals surface area contributed by atoms with Crippen LogP contribution in [-0.2, 0) is 32.5 Å². The Labute approximate surface area is 187 Å². The minimum Gasteiger partial charge on any atom is -0.376 e. The Morgan fingerprint density at radius 2 is 2.16 bits per heavy atom. The summed E-state index contributed by atoms with van der Waals surface area (Å²) in [6.07, 6.45) is 2.67. The number of hydrogen-bond donors (Lipinski definition) is 2. The zero-order chi connectivity index (χ0) is 23.0. The second kappa shape index (κ2) is 8.58. The molecule has 0 bridgehead atoms. The third-order valence-corrected chi connectivity index (χ3v) is 7.23. The van der Waals surface area contributed by atoms with Crippen molar-refractivity contribution in [2.24, 2.45) is 5.14 Å². The van der Waals surface area contributed by atoms with E-state index < -0.39 is 10.0 Å². The zero-order valence-corrected chi connectivity index (χ0v) is 19.0. The molecule has 0 saturated carbocycles. The lowest BCUT2D eigenvalue weighted by atomic mass is 10.2. The maximum Gasteiger partial charge on any atom is 0.245 e. The summed E-state index contributed by atoms with van der Waals surface area (Å²) in [6, 6.07) is 6.93. The van der Waals surface area contributed by atoms with Crippen molar-refractivity contribution in [1.82, 2.24) is 4.57 Å². The van der Waals surface area contributed by atoms with Gasteiger partial charge in [-0.15, -0.1) is 0 Å². The molecule has 1 aromatic carbocycles. The van der Waals surface area contributed by atoms with E-state index in [-0.39, 0.29) is 23.5 Å². The van der Waals surface area contributed by atoms with E-state index in [0.29, 0.717) is 30.9 Å². The standard InChI is InChI=1S/C22H27N5O4S/c1-14-15(2)27(12-17-4-3-9-31-17)22(19(14)11-23)25-21(28)13-26-8-7-16-10-18(32(24,29)30)5-6-20(16)26/h5-6,10,17H,3-4,7-9,12-13H2,1-2H3,(H,25,28)(H2,24,29,30)/t17-/m1/s1. The third-order valence-electron chi connectivity index (χ3n) is 6.31. The van der Waals surface area contributed by atoms with Crippen molar-refractivity contribution in [3.63, 3.8) is 0 Å². The van der Waals surface area contributed by atoms with E-state index in [1.807, 2.05) is 23.3 Å². The topological polar surface area (TPSA) is 130 Å². The van der Waals surface area contributed by atoms with Gasteiger partial charge in [-0.3, -0.25) is 4.79 Å². The van der Waals surface area contributed by atoms with Gasteiger partial charge in [0.25, 0.3) is 0 Å². The molecule has 0 aliphatic carbocycles. The molecule has 10 heteroatoms. The molecular weight excluding hydrogens is 430 g/mol. The van der Waals surface area contributed by atoms with Crippen LogP contribution in [0.1, 0.15) is 35.2 Å². The minimum atomic E-state index is -3.77. The Bertz CT molecular complexity index is 1210. The predicted octanol–water partition coefficient (Wildman–Crippen LogP) is 1.80. The molecule has 3 N–H and O–H groups in total. The summed E-state index contributed by atoms with van der Waals surface area (Å²) in [6.45, 7) is 5.84. The molecule has 170 valence electrons. The first-order valence-electron chi connectivity index (χ1n) is 10.6. The lowest BCUT2D eigenvalue weighted by molar-refractivity contribution is -0.115. The number of anilines is 2. The molecule has 1 aromatic heterocycles. The number of nitriles is 1. The number of nitrogens with zero attached hydrogens (tertiary/aromatic N) is 3. The smallest absolute Gasteiger partial charge is 0.245 e. The van der Waals surface area contributed by atoms with Crippen molar-refractivity contribution in [2.75, 3.05) is 29.9 Å². The van der Waals surface area contributed by atoms with Gasteiger partial charge in [0.2, 0.25) is 15.9 Å². The monoisotopic (exact) mass is 457 g/mol. The molecule has 1 amide bonds. The van der Waals surface area contributed by atoms with E-state index >= 15 is 0 Å². The summed E-state index contributed by atoms with van der Waals surface area (Å²) >= 11 is 0. The summed E-state index contributed by atoms with van der Waals surface area (Å²) in [5.74, 6) is 0.267. The minimum absolute atomic E-state index is 0.0686. The number of nitrogens with two attached hydrogens (primary N) is 1. The van der Waals surface area contributed by atoms with E-state index in [9.17, 15) is 18.5 Å². The van der Waals surface area contributed by atoms with Crippen LogP contribution in [0.3, 0.4) is 0 Å². The average Bonchev–Trinajstić information content (AvgIpc) is 3.44. The van der Waals surface area contributed by atoms with Crippen LogP contribution in [0.25, 0.3) is 0 Å². The highest BCUT2D eigenvalue weighted by Crippen LogP contribution is 2.31. The first kappa shape index (κ1) is 22.3. The normalized spacial score (nSPS) is 17.9. The van der Waals surface area contributed by atoms with Crippen LogP contribution >= 0.6 is 0 Å². The number of nitrogens with one attached hydrogen (secondary N) is 1. The number of fused-ring (bicyclic) bond motifs is 1. The number of aromatic nitrogens is 1. The summed E-state index contributed by atoms with van der Waals surface area (Å²) in [7, 11) is -3.77. The molecule has 2 aliphatic rings. The first-order valence-corrected chi connectivity index (χ1v) is 12.2. The van der Waals surface area contributed by atoms with Gasteiger partial charge in [0, 0.05) is 24.5 Å². The molecular formula is C22H27N5O4S. The number of sulfonamides is 1. The summed E-state index contributed by atoms with van der Waals surface area (Å²) < 4.78 is 30.9. The Morgan fingerprint density at radius 1 is 1.38 bits per heavy atom. The molecule has 4 rings (SSSR count). The number of carbonyl (C=O) groups excluding carboxylic acids is 1. The van der Waals surface area contributed by atoms with Gasteiger partial charge in [-0.1, -0.05) is 0 Å². The van der Waals surface area contributed by atoms with Crippen molar-refractivity contribution >= 4 is 27.4 Å².